The number of nitrogens with one attached hydrogen (secondary N) is 2. The molecule has 7 rings (SSSR count). The van der Waals surface area contributed by atoms with Crippen molar-refractivity contribution in [2.24, 2.45) is 23.2 Å². The minimum Gasteiger partial charge on any atom is -0.340 e. The van der Waals surface area contributed by atoms with Gasteiger partial charge in [-0.2, -0.15) is 0 Å². The molecule has 4 fully saturated rings. The average molecular weight is 425 g/mol. The Hall–Kier alpha value is -3.21. The molecule has 0 spiro atoms. The molecule has 162 valence electrons. The van der Waals surface area contributed by atoms with Crippen molar-refractivity contribution in [1.29, 1.82) is 0 Å². The first-order valence-electron chi connectivity index (χ1n) is 11.7. The van der Waals surface area contributed by atoms with Crippen molar-refractivity contribution in [2.45, 2.75) is 38.5 Å². The summed E-state index contributed by atoms with van der Waals surface area (Å²) in [5.41, 5.74) is 3.60. The van der Waals surface area contributed by atoms with Gasteiger partial charge >= 0.3 is 0 Å². The van der Waals surface area contributed by atoms with Crippen molar-refractivity contribution in [3.05, 3.63) is 67.0 Å². The van der Waals surface area contributed by atoms with E-state index in [0.29, 0.717) is 0 Å². The van der Waals surface area contributed by atoms with Crippen molar-refractivity contribution in [3.8, 4) is 11.3 Å². The number of carbonyl (C=O) groups is 1. The number of carbonyl (C=O) groups excluding carboxylic acids is 1. The monoisotopic (exact) mass is 424 g/mol. The molecule has 0 atom stereocenters. The van der Waals surface area contributed by atoms with Crippen molar-refractivity contribution >= 4 is 23.1 Å². The van der Waals surface area contributed by atoms with E-state index in [1.165, 1.54) is 19.3 Å². The van der Waals surface area contributed by atoms with Gasteiger partial charge in [0.25, 0.3) is 0 Å². The van der Waals surface area contributed by atoms with Gasteiger partial charge in [0.1, 0.15) is 12.1 Å². The summed E-state index contributed by atoms with van der Waals surface area (Å²) < 4.78 is 0. The molecule has 0 aliphatic heterocycles. The van der Waals surface area contributed by atoms with E-state index < -0.39 is 0 Å². The van der Waals surface area contributed by atoms with E-state index in [0.717, 1.165) is 65.5 Å². The second-order valence-corrected chi connectivity index (χ2v) is 10.0. The SMILES string of the molecule is O=C(Nc1ccc(Nc2cc(-c3ccccc3)ncn2)cc1)C12CC3CC(CC(C3)C1)C2. The highest BCUT2D eigenvalue weighted by Crippen LogP contribution is 2.60. The van der Waals surface area contributed by atoms with Crippen molar-refractivity contribution in [3.63, 3.8) is 0 Å². The lowest BCUT2D eigenvalue weighted by Gasteiger charge is -2.55. The maximum absolute atomic E-state index is 13.3. The number of anilines is 3. The molecule has 3 aromatic rings. The third-order valence-electron chi connectivity index (χ3n) is 7.67. The normalized spacial score (nSPS) is 27.8. The van der Waals surface area contributed by atoms with Crippen LogP contribution >= 0.6 is 0 Å². The first-order valence-corrected chi connectivity index (χ1v) is 11.7. The molecule has 5 heteroatoms. The van der Waals surface area contributed by atoms with Crippen LogP contribution in [0.1, 0.15) is 38.5 Å². The largest absolute Gasteiger partial charge is 0.340 e. The summed E-state index contributed by atoms with van der Waals surface area (Å²) in [5.74, 6) is 3.29. The topological polar surface area (TPSA) is 66.9 Å². The van der Waals surface area contributed by atoms with Gasteiger partial charge in [-0.3, -0.25) is 4.79 Å². The van der Waals surface area contributed by atoms with Crippen LogP contribution in [-0.2, 0) is 4.79 Å². The summed E-state index contributed by atoms with van der Waals surface area (Å²) in [5, 5.41) is 6.57. The van der Waals surface area contributed by atoms with Crippen LogP contribution in [0.25, 0.3) is 11.3 Å². The quantitative estimate of drug-likeness (QED) is 0.524. The molecular weight excluding hydrogens is 396 g/mol. The molecule has 1 aromatic heterocycles. The summed E-state index contributed by atoms with van der Waals surface area (Å²) in [7, 11) is 0. The molecule has 5 nitrogen and oxygen atoms in total. The molecule has 4 aliphatic rings. The first kappa shape index (κ1) is 19.5. The van der Waals surface area contributed by atoms with Crippen LogP contribution in [0.2, 0.25) is 0 Å². The summed E-state index contributed by atoms with van der Waals surface area (Å²) in [6.45, 7) is 0. The van der Waals surface area contributed by atoms with E-state index >= 15 is 0 Å². The van der Waals surface area contributed by atoms with E-state index in [2.05, 4.69) is 20.6 Å². The molecule has 0 radical (unpaired) electrons. The molecule has 4 bridgehead atoms. The van der Waals surface area contributed by atoms with Crippen molar-refractivity contribution in [1.82, 2.24) is 9.97 Å². The molecule has 4 aliphatic carbocycles. The number of hydrogen-bond donors (Lipinski definition) is 2. The van der Waals surface area contributed by atoms with Crippen LogP contribution in [0, 0.1) is 23.2 Å². The van der Waals surface area contributed by atoms with E-state index in [1.54, 1.807) is 6.33 Å². The van der Waals surface area contributed by atoms with Gasteiger partial charge in [0.2, 0.25) is 5.91 Å². The van der Waals surface area contributed by atoms with Gasteiger partial charge < -0.3 is 10.6 Å². The van der Waals surface area contributed by atoms with Crippen LogP contribution in [-0.4, -0.2) is 15.9 Å². The smallest absolute Gasteiger partial charge is 0.230 e. The molecule has 2 N–H and O–H groups in total. The minimum absolute atomic E-state index is 0.125. The first-order chi connectivity index (χ1) is 15.6. The molecular formula is C27H28N4O. The Balaban J connectivity index is 1.13. The van der Waals surface area contributed by atoms with E-state index in [4.69, 9.17) is 0 Å². The van der Waals surface area contributed by atoms with Gasteiger partial charge in [-0.1, -0.05) is 30.3 Å². The Kier molecular flexibility index (Phi) is 4.71. The number of amides is 1. The lowest BCUT2D eigenvalue weighted by Crippen LogP contribution is -2.51. The van der Waals surface area contributed by atoms with E-state index in [9.17, 15) is 4.79 Å². The number of rotatable bonds is 5. The third-order valence-corrected chi connectivity index (χ3v) is 7.67. The zero-order valence-corrected chi connectivity index (χ0v) is 18.1. The molecule has 2 aromatic carbocycles. The Bertz CT molecular complexity index is 1090. The Morgan fingerprint density at radius 1 is 0.812 bits per heavy atom. The number of aromatic nitrogens is 2. The van der Waals surface area contributed by atoms with Crippen LogP contribution < -0.4 is 10.6 Å². The van der Waals surface area contributed by atoms with Gasteiger partial charge in [-0.25, -0.2) is 9.97 Å². The van der Waals surface area contributed by atoms with Crippen LogP contribution in [0.4, 0.5) is 17.2 Å². The standard InChI is InChI=1S/C27H28N4O/c32-26(27-14-18-10-19(15-27)12-20(11-18)16-27)31-23-8-6-22(7-9-23)30-25-13-24(28-17-29-25)21-4-2-1-3-5-21/h1-9,13,17-20H,10-12,14-16H2,(H,31,32)(H,28,29,30). The molecule has 1 amide bonds. The van der Waals surface area contributed by atoms with E-state index in [1.807, 2.05) is 60.7 Å². The zero-order valence-electron chi connectivity index (χ0n) is 18.1. The molecule has 32 heavy (non-hydrogen) atoms. The van der Waals surface area contributed by atoms with Crippen molar-refractivity contribution in [2.75, 3.05) is 10.6 Å². The second-order valence-electron chi connectivity index (χ2n) is 10.0. The number of hydrogen-bond acceptors (Lipinski definition) is 4. The Morgan fingerprint density at radius 2 is 1.44 bits per heavy atom. The lowest BCUT2D eigenvalue weighted by atomic mass is 9.49. The molecule has 0 saturated heterocycles. The Morgan fingerprint density at radius 3 is 2.09 bits per heavy atom. The van der Waals surface area contributed by atoms with Gasteiger partial charge in [-0.05, 0) is 80.5 Å². The van der Waals surface area contributed by atoms with Gasteiger partial charge in [-0.15, -0.1) is 0 Å². The highest BCUT2D eigenvalue weighted by atomic mass is 16.2. The summed E-state index contributed by atoms with van der Waals surface area (Å²) >= 11 is 0. The fraction of sp³-hybridized carbons (Fsp3) is 0.370. The molecule has 1 heterocycles. The number of nitrogens with zero attached hydrogens (tertiary/aromatic N) is 2. The molecule has 4 saturated carbocycles. The van der Waals surface area contributed by atoms with Crippen LogP contribution in [0.3, 0.4) is 0 Å². The zero-order chi connectivity index (χ0) is 21.5. The maximum Gasteiger partial charge on any atom is 0.230 e. The fourth-order valence-electron chi connectivity index (χ4n) is 6.63. The van der Waals surface area contributed by atoms with Crippen LogP contribution in [0.15, 0.2) is 67.0 Å². The predicted octanol–water partition coefficient (Wildman–Crippen LogP) is 6.04. The van der Waals surface area contributed by atoms with Crippen molar-refractivity contribution < 1.29 is 4.79 Å². The van der Waals surface area contributed by atoms with Gasteiger partial charge in [0, 0.05) is 23.0 Å². The maximum atomic E-state index is 13.3. The molecule has 0 unspecified atom stereocenters. The van der Waals surface area contributed by atoms with Gasteiger partial charge in [0.15, 0.2) is 0 Å². The fourth-order valence-corrected chi connectivity index (χ4v) is 6.63. The van der Waals surface area contributed by atoms with Gasteiger partial charge in [0.05, 0.1) is 11.1 Å². The summed E-state index contributed by atoms with van der Waals surface area (Å²) in [6, 6.07) is 19.9. The highest BCUT2D eigenvalue weighted by molar-refractivity contribution is 5.95. The number of benzene rings is 2. The predicted molar refractivity (Wildman–Crippen MR) is 126 cm³/mol. The lowest BCUT2D eigenvalue weighted by molar-refractivity contribution is -0.140. The third kappa shape index (κ3) is 3.66. The Labute approximate surface area is 188 Å². The van der Waals surface area contributed by atoms with E-state index in [-0.39, 0.29) is 11.3 Å². The summed E-state index contributed by atoms with van der Waals surface area (Å²) in [6.07, 6.45) is 8.88. The summed E-state index contributed by atoms with van der Waals surface area (Å²) in [4.78, 5) is 22.0. The highest BCUT2D eigenvalue weighted by Gasteiger charge is 2.54. The average Bonchev–Trinajstić information content (AvgIpc) is 2.80. The minimum atomic E-state index is -0.125. The second kappa shape index (κ2) is 7.73. The van der Waals surface area contributed by atoms with Crippen LogP contribution in [0.5, 0.6) is 0 Å².